The molecule has 0 unspecified atom stereocenters. The predicted molar refractivity (Wildman–Crippen MR) is 130 cm³/mol. The van der Waals surface area contributed by atoms with Gasteiger partial charge in [0.05, 0.1) is 11.5 Å². The third-order valence-corrected chi connectivity index (χ3v) is 5.27. The van der Waals surface area contributed by atoms with E-state index >= 15 is 0 Å². The Morgan fingerprint density at radius 3 is 1.88 bits per heavy atom. The number of benzene rings is 4. The maximum Gasteiger partial charge on any atom is 0.0603 e. The third-order valence-electron chi connectivity index (χ3n) is 5.27. The fraction of sp³-hybridized carbons (Fsp3) is 0.0345. The van der Waals surface area contributed by atoms with Crippen molar-refractivity contribution >= 4 is 0 Å². The fourth-order valence-corrected chi connectivity index (χ4v) is 3.82. The summed E-state index contributed by atoms with van der Waals surface area (Å²) in [5.74, 6) is 0.782. The average Bonchev–Trinajstić information content (AvgIpc) is 3.34. The Kier molecular flexibility index (Phi) is 7.74. The molecule has 0 aliphatic rings. The molecule has 1 heterocycles. The van der Waals surface area contributed by atoms with Crippen LogP contribution in [-0.4, -0.2) is 9.55 Å². The maximum absolute atomic E-state index is 9.13. The summed E-state index contributed by atoms with van der Waals surface area (Å²) in [6.45, 7) is 0. The van der Waals surface area contributed by atoms with Crippen molar-refractivity contribution in [3.05, 3.63) is 121 Å². The Morgan fingerprint density at radius 1 is 0.758 bits per heavy atom. The van der Waals surface area contributed by atoms with E-state index in [0.717, 1.165) is 39.3 Å². The monoisotopic (exact) mass is 605 g/mol. The van der Waals surface area contributed by atoms with E-state index in [-0.39, 0.29) is 27.5 Å². The van der Waals surface area contributed by atoms with E-state index in [4.69, 9.17) is 5.26 Å². The number of para-hydroxylation sites is 1. The number of hydrogen-bond acceptors (Lipinski definition) is 2. The van der Waals surface area contributed by atoms with Crippen molar-refractivity contribution in [3.63, 3.8) is 0 Å². The number of imidazole rings is 1. The van der Waals surface area contributed by atoms with Crippen LogP contribution in [0, 0.1) is 17.4 Å². The third kappa shape index (κ3) is 4.71. The van der Waals surface area contributed by atoms with Gasteiger partial charge in [-0.25, -0.2) is 5.26 Å². The summed E-state index contributed by atoms with van der Waals surface area (Å²) in [6.07, 6.45) is 3.79. The first-order valence-electron chi connectivity index (χ1n) is 10.0. The minimum absolute atomic E-state index is 0. The molecule has 0 aliphatic carbocycles. The number of nitrogens with zero attached hydrogens (tertiary/aromatic N) is 3. The zero-order valence-corrected chi connectivity index (χ0v) is 19.5. The molecule has 4 aromatic carbocycles. The molecule has 163 valence electrons. The van der Waals surface area contributed by atoms with Crippen molar-refractivity contribution < 1.29 is 20.1 Å². The van der Waals surface area contributed by atoms with Gasteiger partial charge in [0.2, 0.25) is 0 Å². The first-order valence-corrected chi connectivity index (χ1v) is 10.0. The summed E-state index contributed by atoms with van der Waals surface area (Å²) < 4.78 is 2.11. The van der Waals surface area contributed by atoms with Gasteiger partial charge in [0.1, 0.15) is 0 Å². The maximum atomic E-state index is 9.13. The quantitative estimate of drug-likeness (QED) is 0.204. The van der Waals surface area contributed by atoms with Crippen LogP contribution in [0.1, 0.15) is 13.0 Å². The van der Waals surface area contributed by atoms with Gasteiger partial charge in [0.15, 0.2) is 0 Å². The molecule has 0 amide bonds. The second-order valence-corrected chi connectivity index (χ2v) is 7.16. The summed E-state index contributed by atoms with van der Waals surface area (Å²) in [5.41, 5.74) is 7.00. The molecule has 0 aliphatic heterocycles. The average molecular weight is 605 g/mol. The van der Waals surface area contributed by atoms with Crippen LogP contribution in [0.3, 0.4) is 0 Å². The van der Waals surface area contributed by atoms with Crippen molar-refractivity contribution in [1.29, 1.82) is 5.26 Å². The van der Waals surface area contributed by atoms with Crippen molar-refractivity contribution in [2.75, 3.05) is 0 Å². The topological polar surface area (TPSA) is 41.6 Å². The SMILES string of the molecule is C.N#Cc1c[c-]c(-c2nccn2-c2c(-c3ccccc3)cccc2-c2ccccc2)cc1.[Ir]. The van der Waals surface area contributed by atoms with E-state index in [2.05, 4.69) is 88.4 Å². The largest absolute Gasteiger partial charge is 0.339 e. The van der Waals surface area contributed by atoms with Gasteiger partial charge in [0, 0.05) is 49.7 Å². The van der Waals surface area contributed by atoms with E-state index < -0.39 is 0 Å². The number of rotatable bonds is 4. The first kappa shape index (κ1) is 23.9. The van der Waals surface area contributed by atoms with E-state index in [1.54, 1.807) is 18.3 Å². The molecule has 0 saturated carbocycles. The standard InChI is InChI=1S/C28H18N3.CH4.Ir/c29-20-21-14-16-24(17-15-21)28-30-18-19-31(28)27-25(22-8-3-1-4-9-22)12-7-13-26(27)23-10-5-2-6-11-23;;/h1-16,18-19H;1H4;/q-1;;. The van der Waals surface area contributed by atoms with Gasteiger partial charge in [0.25, 0.3) is 0 Å². The van der Waals surface area contributed by atoms with Crippen molar-refractivity contribution in [2.45, 2.75) is 7.43 Å². The molecule has 33 heavy (non-hydrogen) atoms. The molecular formula is C29H22IrN3-. The molecule has 3 nitrogen and oxygen atoms in total. The van der Waals surface area contributed by atoms with Crippen molar-refractivity contribution in [1.82, 2.24) is 9.55 Å². The van der Waals surface area contributed by atoms with E-state index in [1.165, 1.54) is 0 Å². The van der Waals surface area contributed by atoms with E-state index in [1.807, 2.05) is 24.4 Å². The van der Waals surface area contributed by atoms with Gasteiger partial charge < -0.3 is 4.57 Å². The zero-order chi connectivity index (χ0) is 21.0. The van der Waals surface area contributed by atoms with Crippen LogP contribution in [-0.2, 0) is 20.1 Å². The summed E-state index contributed by atoms with van der Waals surface area (Å²) in [6, 6.07) is 37.9. The molecule has 5 aromatic rings. The second-order valence-electron chi connectivity index (χ2n) is 7.16. The van der Waals surface area contributed by atoms with Crippen LogP contribution < -0.4 is 0 Å². The van der Waals surface area contributed by atoms with Gasteiger partial charge in [-0.1, -0.05) is 86.3 Å². The molecule has 1 aromatic heterocycles. The Bertz CT molecular complexity index is 1310. The summed E-state index contributed by atoms with van der Waals surface area (Å²) in [7, 11) is 0. The minimum Gasteiger partial charge on any atom is -0.339 e. The fourth-order valence-electron chi connectivity index (χ4n) is 3.82. The first-order chi connectivity index (χ1) is 15.3. The minimum atomic E-state index is 0. The van der Waals surface area contributed by atoms with Crippen LogP contribution in [0.25, 0.3) is 39.3 Å². The predicted octanol–water partition coefficient (Wildman–Crippen LogP) is 7.18. The smallest absolute Gasteiger partial charge is 0.0603 e. The molecule has 0 saturated heterocycles. The molecule has 0 spiro atoms. The Balaban J connectivity index is 0.00000153. The molecule has 0 atom stereocenters. The van der Waals surface area contributed by atoms with Gasteiger partial charge in [-0.15, -0.1) is 29.8 Å². The zero-order valence-electron chi connectivity index (χ0n) is 17.1. The van der Waals surface area contributed by atoms with Gasteiger partial charge in [-0.3, -0.25) is 4.98 Å². The molecular weight excluding hydrogens is 583 g/mol. The molecule has 1 radical (unpaired) electrons. The van der Waals surface area contributed by atoms with Crippen LogP contribution in [0.4, 0.5) is 0 Å². The number of nitriles is 1. The van der Waals surface area contributed by atoms with E-state index in [9.17, 15) is 0 Å². The molecule has 4 heteroatoms. The number of hydrogen-bond donors (Lipinski definition) is 0. The van der Waals surface area contributed by atoms with Crippen LogP contribution in [0.15, 0.2) is 109 Å². The Labute approximate surface area is 208 Å². The van der Waals surface area contributed by atoms with E-state index in [0.29, 0.717) is 5.56 Å². The molecule has 0 N–H and O–H groups in total. The number of aromatic nitrogens is 2. The van der Waals surface area contributed by atoms with Gasteiger partial charge >= 0.3 is 0 Å². The Morgan fingerprint density at radius 2 is 1.36 bits per heavy atom. The summed E-state index contributed by atoms with van der Waals surface area (Å²) >= 11 is 0. The van der Waals surface area contributed by atoms with Crippen molar-refractivity contribution in [2.24, 2.45) is 0 Å². The van der Waals surface area contributed by atoms with Gasteiger partial charge in [-0.05, 0) is 16.7 Å². The molecule has 0 fully saturated rings. The van der Waals surface area contributed by atoms with Crippen LogP contribution in [0.5, 0.6) is 0 Å². The van der Waals surface area contributed by atoms with Crippen LogP contribution in [0.2, 0.25) is 0 Å². The summed E-state index contributed by atoms with van der Waals surface area (Å²) in [5, 5.41) is 9.13. The second kappa shape index (κ2) is 10.7. The molecule has 5 rings (SSSR count). The van der Waals surface area contributed by atoms with Crippen LogP contribution >= 0.6 is 0 Å². The summed E-state index contributed by atoms with van der Waals surface area (Å²) in [4.78, 5) is 4.64. The normalized spacial score (nSPS) is 9.91. The van der Waals surface area contributed by atoms with Crippen molar-refractivity contribution in [3.8, 4) is 45.4 Å². The molecule has 0 bridgehead atoms. The van der Waals surface area contributed by atoms with Gasteiger partial charge in [-0.2, -0.15) is 0 Å². The Hall–Kier alpha value is -3.77.